The van der Waals surface area contributed by atoms with E-state index in [9.17, 15) is 14.4 Å². The Bertz CT molecular complexity index is 599. The van der Waals surface area contributed by atoms with Gasteiger partial charge in [-0.1, -0.05) is 12.1 Å². The largest absolute Gasteiger partial charge is 0.453 e. The molecular weight excluding hydrogens is 350 g/mol. The lowest BCUT2D eigenvalue weighted by Crippen LogP contribution is -2.39. The first-order valence-electron chi connectivity index (χ1n) is 7.44. The Balaban J connectivity index is 1.92. The van der Waals surface area contributed by atoms with Crippen LogP contribution >= 0.6 is 23.5 Å². The predicted octanol–water partition coefficient (Wildman–Crippen LogP) is 2.98. The Hall–Kier alpha value is -1.67. The van der Waals surface area contributed by atoms with Crippen LogP contribution in [0, 0.1) is 0 Å². The summed E-state index contributed by atoms with van der Waals surface area (Å²) >= 11 is 3.81. The average Bonchev–Trinajstić information content (AvgIpc) is 2.62. The maximum Gasteiger partial charge on any atom is 0.413 e. The second-order valence-corrected chi connectivity index (χ2v) is 7.80. The molecule has 24 heavy (non-hydrogen) atoms. The summed E-state index contributed by atoms with van der Waals surface area (Å²) in [6.45, 7) is 1.39. The summed E-state index contributed by atoms with van der Waals surface area (Å²) in [5, 5.41) is 1.96. The van der Waals surface area contributed by atoms with Crippen molar-refractivity contribution in [2.24, 2.45) is 0 Å². The number of carbonyl (C=O) groups is 3. The van der Waals surface area contributed by atoms with E-state index in [2.05, 4.69) is 4.74 Å². The van der Waals surface area contributed by atoms with Crippen molar-refractivity contribution < 1.29 is 23.9 Å². The molecule has 0 radical (unpaired) electrons. The SMILES string of the molecule is COC(=O)NC(=O)[C@@H](C)OC(=O)c1ccc(C2SCCCS2)cc1. The third-order valence-electron chi connectivity index (χ3n) is 3.31. The number of hydrogen-bond acceptors (Lipinski definition) is 7. The van der Waals surface area contributed by atoms with Crippen LogP contribution in [-0.2, 0) is 14.3 Å². The highest BCUT2D eigenvalue weighted by Gasteiger charge is 2.22. The molecule has 2 amide bonds. The minimum Gasteiger partial charge on any atom is -0.453 e. The summed E-state index contributed by atoms with van der Waals surface area (Å²) in [4.78, 5) is 34.7. The fourth-order valence-electron chi connectivity index (χ4n) is 1.99. The van der Waals surface area contributed by atoms with Gasteiger partial charge in [-0.05, 0) is 42.5 Å². The molecule has 1 aliphatic rings. The van der Waals surface area contributed by atoms with E-state index in [-0.39, 0.29) is 0 Å². The molecule has 1 fully saturated rings. The Morgan fingerprint density at radius 2 is 1.79 bits per heavy atom. The Kier molecular flexibility index (Phi) is 6.99. The molecule has 0 unspecified atom stereocenters. The van der Waals surface area contributed by atoms with Gasteiger partial charge in [0.2, 0.25) is 0 Å². The molecule has 1 aromatic carbocycles. The molecule has 2 rings (SSSR count). The van der Waals surface area contributed by atoms with Crippen molar-refractivity contribution in [3.8, 4) is 0 Å². The van der Waals surface area contributed by atoms with E-state index in [0.29, 0.717) is 10.1 Å². The topological polar surface area (TPSA) is 81.7 Å². The molecule has 1 aliphatic heterocycles. The van der Waals surface area contributed by atoms with Crippen LogP contribution in [0.5, 0.6) is 0 Å². The molecule has 1 heterocycles. The second kappa shape index (κ2) is 8.98. The van der Waals surface area contributed by atoms with Crippen LogP contribution in [0.25, 0.3) is 0 Å². The van der Waals surface area contributed by atoms with Gasteiger partial charge in [0.05, 0.1) is 17.3 Å². The smallest absolute Gasteiger partial charge is 0.413 e. The summed E-state index contributed by atoms with van der Waals surface area (Å²) in [6, 6.07) is 7.20. The average molecular weight is 369 g/mol. The van der Waals surface area contributed by atoms with Crippen LogP contribution in [0.3, 0.4) is 0 Å². The van der Waals surface area contributed by atoms with Gasteiger partial charge in [-0.25, -0.2) is 9.59 Å². The molecule has 8 heteroatoms. The maximum atomic E-state index is 12.1. The van der Waals surface area contributed by atoms with E-state index in [4.69, 9.17) is 4.74 Å². The van der Waals surface area contributed by atoms with Crippen molar-refractivity contribution in [1.82, 2.24) is 5.32 Å². The fourth-order valence-corrected chi connectivity index (χ4v) is 4.89. The van der Waals surface area contributed by atoms with Gasteiger partial charge in [0.25, 0.3) is 5.91 Å². The zero-order valence-electron chi connectivity index (χ0n) is 13.4. The highest BCUT2D eigenvalue weighted by atomic mass is 32.2. The van der Waals surface area contributed by atoms with Gasteiger partial charge in [-0.3, -0.25) is 10.1 Å². The number of benzene rings is 1. The van der Waals surface area contributed by atoms with Gasteiger partial charge in [0.15, 0.2) is 6.10 Å². The van der Waals surface area contributed by atoms with Crippen molar-refractivity contribution in [1.29, 1.82) is 0 Å². The number of carbonyl (C=O) groups excluding carboxylic acids is 3. The number of methoxy groups -OCH3 is 1. The first-order chi connectivity index (χ1) is 11.5. The highest BCUT2D eigenvalue weighted by molar-refractivity contribution is 8.16. The Labute approximate surface area is 149 Å². The normalized spacial score (nSPS) is 16.1. The second-order valence-electron chi connectivity index (χ2n) is 5.08. The van der Waals surface area contributed by atoms with Gasteiger partial charge in [0, 0.05) is 0 Å². The molecule has 0 bridgehead atoms. The van der Waals surface area contributed by atoms with E-state index in [1.807, 2.05) is 41.0 Å². The molecule has 1 N–H and O–H groups in total. The molecule has 0 saturated carbocycles. The van der Waals surface area contributed by atoms with Gasteiger partial charge in [-0.2, -0.15) is 0 Å². The molecule has 1 saturated heterocycles. The molecule has 1 atom stereocenters. The first-order valence-corrected chi connectivity index (χ1v) is 9.54. The van der Waals surface area contributed by atoms with E-state index < -0.39 is 24.1 Å². The van der Waals surface area contributed by atoms with Gasteiger partial charge >= 0.3 is 12.1 Å². The maximum absolute atomic E-state index is 12.1. The number of alkyl carbamates (subject to hydrolysis) is 1. The summed E-state index contributed by atoms with van der Waals surface area (Å²) in [6.07, 6.45) is -0.766. The number of amides is 2. The molecule has 0 spiro atoms. The van der Waals surface area contributed by atoms with Crippen molar-refractivity contribution in [3.63, 3.8) is 0 Å². The minimum atomic E-state index is -1.10. The van der Waals surface area contributed by atoms with Gasteiger partial charge < -0.3 is 9.47 Å². The molecule has 6 nitrogen and oxygen atoms in total. The van der Waals surface area contributed by atoms with Crippen molar-refractivity contribution in [3.05, 3.63) is 35.4 Å². The number of ether oxygens (including phenoxy) is 2. The van der Waals surface area contributed by atoms with E-state index >= 15 is 0 Å². The van der Waals surface area contributed by atoms with Crippen LogP contribution in [-0.4, -0.2) is 42.7 Å². The molecule has 1 aromatic rings. The third kappa shape index (κ3) is 5.17. The zero-order chi connectivity index (χ0) is 17.5. The number of imide groups is 1. The van der Waals surface area contributed by atoms with Gasteiger partial charge in [-0.15, -0.1) is 23.5 Å². The van der Waals surface area contributed by atoms with Gasteiger partial charge in [0.1, 0.15) is 0 Å². The number of rotatable bonds is 4. The van der Waals surface area contributed by atoms with Crippen LogP contribution in [0.15, 0.2) is 24.3 Å². The first kappa shape index (κ1) is 18.7. The Morgan fingerprint density at radius 3 is 2.38 bits per heavy atom. The zero-order valence-corrected chi connectivity index (χ0v) is 15.1. The lowest BCUT2D eigenvalue weighted by Gasteiger charge is -2.21. The van der Waals surface area contributed by atoms with E-state index in [0.717, 1.165) is 24.2 Å². The molecule has 0 aliphatic carbocycles. The van der Waals surface area contributed by atoms with Crippen LogP contribution < -0.4 is 5.32 Å². The highest BCUT2D eigenvalue weighted by Crippen LogP contribution is 2.43. The summed E-state index contributed by atoms with van der Waals surface area (Å²) < 4.78 is 9.77. The number of esters is 1. The van der Waals surface area contributed by atoms with E-state index in [1.165, 1.54) is 13.3 Å². The minimum absolute atomic E-state index is 0.363. The number of nitrogens with one attached hydrogen (secondary N) is 1. The summed E-state index contributed by atoms with van der Waals surface area (Å²) in [7, 11) is 1.14. The summed E-state index contributed by atoms with van der Waals surface area (Å²) in [5.74, 6) is 0.947. The van der Waals surface area contributed by atoms with E-state index in [1.54, 1.807) is 12.1 Å². The summed E-state index contributed by atoms with van der Waals surface area (Å²) in [5.41, 5.74) is 1.53. The number of thioether (sulfide) groups is 2. The van der Waals surface area contributed by atoms with Crippen molar-refractivity contribution >= 4 is 41.5 Å². The van der Waals surface area contributed by atoms with Crippen molar-refractivity contribution in [2.75, 3.05) is 18.6 Å². The standard InChI is InChI=1S/C16H19NO5S2/c1-10(13(18)17-16(20)21-2)22-14(19)11-4-6-12(7-5-11)15-23-8-3-9-24-15/h4-7,10,15H,3,8-9H2,1-2H3,(H,17,18,20)/t10-/m1/s1. The molecule has 0 aromatic heterocycles. The Morgan fingerprint density at radius 1 is 1.17 bits per heavy atom. The van der Waals surface area contributed by atoms with Crippen LogP contribution in [0.4, 0.5) is 4.79 Å². The third-order valence-corrected chi connectivity index (χ3v) is 6.32. The monoisotopic (exact) mass is 369 g/mol. The van der Waals surface area contributed by atoms with Crippen LogP contribution in [0.1, 0.15) is 33.8 Å². The molecular formula is C16H19NO5S2. The predicted molar refractivity (Wildman–Crippen MR) is 94.1 cm³/mol. The quantitative estimate of drug-likeness (QED) is 0.817. The lowest BCUT2D eigenvalue weighted by atomic mass is 10.1. The van der Waals surface area contributed by atoms with Crippen molar-refractivity contribution in [2.45, 2.75) is 24.0 Å². The van der Waals surface area contributed by atoms with Crippen LogP contribution in [0.2, 0.25) is 0 Å². The fraction of sp³-hybridized carbons (Fsp3) is 0.438. The molecule has 130 valence electrons. The lowest BCUT2D eigenvalue weighted by molar-refractivity contribution is -0.128. The number of hydrogen-bond donors (Lipinski definition) is 1.